The van der Waals surface area contributed by atoms with Gasteiger partial charge in [0.1, 0.15) is 30.5 Å². The summed E-state index contributed by atoms with van der Waals surface area (Å²) in [6.07, 6.45) is 62.8. The predicted octanol–water partition coefficient (Wildman–Crippen LogP) is 15.4. The number of hydrogen-bond acceptors (Lipinski definition) is 9. The maximum Gasteiger partial charge on any atom is 0.249 e. The Morgan fingerprint density at radius 2 is 0.800 bits per heavy atom. The van der Waals surface area contributed by atoms with Crippen LogP contribution in [0.3, 0.4) is 0 Å². The van der Waals surface area contributed by atoms with Crippen molar-refractivity contribution in [3.05, 3.63) is 48.6 Å². The average molecular weight is 1060 g/mol. The van der Waals surface area contributed by atoms with E-state index in [2.05, 4.69) is 55.6 Å². The standard InChI is InChI=1S/C65H121NO9/c1-3-5-7-9-11-13-15-17-18-19-20-21-22-23-24-25-26-27-28-29-30-31-32-33-34-35-36-37-38-39-40-41-42-44-46-48-50-52-54-59(69)64(73)66-57(56-74-65-63(72)62(71)61(70)60(55-67)75-65)58(68)53-51-49-47-45-43-16-14-12-10-8-6-4-2/h10,12,29-30,43,45,51,53,57-63,65,67-72H,3-9,11,13-28,31-42,44,46-50,52,54-56H2,1-2H3,(H,66,73)/b12-10+,30-29-,45-43+,53-51+. The molecule has 0 radical (unpaired) electrons. The van der Waals surface area contributed by atoms with Crippen molar-refractivity contribution in [2.75, 3.05) is 13.2 Å². The first kappa shape index (κ1) is 71.1. The highest BCUT2D eigenvalue weighted by Crippen LogP contribution is 2.23. The van der Waals surface area contributed by atoms with Crippen molar-refractivity contribution in [1.29, 1.82) is 0 Å². The Bertz CT molecular complexity index is 1340. The van der Waals surface area contributed by atoms with Crippen LogP contribution in [-0.4, -0.2) is 98.7 Å². The third-order valence-electron chi connectivity index (χ3n) is 15.2. The first-order chi connectivity index (χ1) is 36.8. The van der Waals surface area contributed by atoms with Crippen molar-refractivity contribution >= 4 is 5.91 Å². The van der Waals surface area contributed by atoms with Crippen LogP contribution in [0.2, 0.25) is 0 Å². The maximum absolute atomic E-state index is 13.1. The van der Waals surface area contributed by atoms with Crippen molar-refractivity contribution in [2.45, 2.75) is 345 Å². The van der Waals surface area contributed by atoms with Crippen molar-refractivity contribution in [2.24, 2.45) is 0 Å². The lowest BCUT2D eigenvalue weighted by Gasteiger charge is -2.40. The Labute approximate surface area is 461 Å². The molecular formula is C65H121NO9. The maximum atomic E-state index is 13.1. The molecule has 8 atom stereocenters. The Kier molecular flexibility index (Phi) is 51.3. The number of amides is 1. The predicted molar refractivity (Wildman–Crippen MR) is 315 cm³/mol. The monoisotopic (exact) mass is 1060 g/mol. The average Bonchev–Trinajstić information content (AvgIpc) is 3.41. The highest BCUT2D eigenvalue weighted by Gasteiger charge is 2.44. The van der Waals surface area contributed by atoms with Gasteiger partial charge in [-0.1, -0.05) is 281 Å². The fourth-order valence-electron chi connectivity index (χ4n) is 10.1. The third-order valence-corrected chi connectivity index (χ3v) is 15.2. The zero-order chi connectivity index (χ0) is 54.5. The van der Waals surface area contributed by atoms with E-state index in [9.17, 15) is 35.4 Å². The summed E-state index contributed by atoms with van der Waals surface area (Å²) in [5, 5.41) is 64.9. The van der Waals surface area contributed by atoms with Gasteiger partial charge in [0.25, 0.3) is 0 Å². The molecule has 0 saturated carbocycles. The molecule has 440 valence electrons. The lowest BCUT2D eigenvalue weighted by molar-refractivity contribution is -0.302. The van der Waals surface area contributed by atoms with Crippen LogP contribution >= 0.6 is 0 Å². The van der Waals surface area contributed by atoms with E-state index >= 15 is 0 Å². The Balaban J connectivity index is 2.07. The lowest BCUT2D eigenvalue weighted by atomic mass is 9.99. The SMILES string of the molecule is CCCC/C=C/CC/C=C/CC/C=C/C(O)C(COC1OC(CO)C(O)C(O)C1O)NC(=O)C(O)CCCCCCCCCCCCCCCCCC/C=C\CCCCCCCCCCCCCCCCCCCC. The van der Waals surface area contributed by atoms with Crippen LogP contribution in [0.5, 0.6) is 0 Å². The second-order valence-electron chi connectivity index (χ2n) is 22.3. The van der Waals surface area contributed by atoms with Crippen molar-refractivity contribution in [3.63, 3.8) is 0 Å². The molecular weight excluding hydrogens is 939 g/mol. The number of hydrogen-bond donors (Lipinski definition) is 7. The van der Waals surface area contributed by atoms with Gasteiger partial charge in [0.05, 0.1) is 25.4 Å². The highest BCUT2D eigenvalue weighted by atomic mass is 16.7. The van der Waals surface area contributed by atoms with Gasteiger partial charge in [-0.3, -0.25) is 4.79 Å². The normalized spacial score (nSPS) is 19.6. The Morgan fingerprint density at radius 3 is 1.20 bits per heavy atom. The number of carbonyl (C=O) groups excluding carboxylic acids is 1. The van der Waals surface area contributed by atoms with E-state index in [0.717, 1.165) is 44.9 Å². The van der Waals surface area contributed by atoms with Gasteiger partial charge >= 0.3 is 0 Å². The quantitative estimate of drug-likeness (QED) is 0.0232. The molecule has 1 aliphatic heterocycles. The first-order valence-corrected chi connectivity index (χ1v) is 32.0. The Hall–Kier alpha value is -1.89. The summed E-state index contributed by atoms with van der Waals surface area (Å²) >= 11 is 0. The van der Waals surface area contributed by atoms with Gasteiger partial charge in [0, 0.05) is 0 Å². The smallest absolute Gasteiger partial charge is 0.249 e. The first-order valence-electron chi connectivity index (χ1n) is 32.0. The van der Waals surface area contributed by atoms with E-state index in [4.69, 9.17) is 9.47 Å². The summed E-state index contributed by atoms with van der Waals surface area (Å²) in [5.74, 6) is -0.629. The number of aliphatic hydroxyl groups excluding tert-OH is 6. The van der Waals surface area contributed by atoms with E-state index in [1.54, 1.807) is 6.08 Å². The molecule has 1 saturated heterocycles. The molecule has 0 aromatic rings. The zero-order valence-electron chi connectivity index (χ0n) is 48.7. The van der Waals surface area contributed by atoms with Crippen LogP contribution < -0.4 is 5.32 Å². The van der Waals surface area contributed by atoms with E-state index in [0.29, 0.717) is 19.3 Å². The van der Waals surface area contributed by atoms with Crippen LogP contribution in [0.4, 0.5) is 0 Å². The van der Waals surface area contributed by atoms with Gasteiger partial charge in [0.2, 0.25) is 5.91 Å². The summed E-state index contributed by atoms with van der Waals surface area (Å²) in [5.41, 5.74) is 0. The molecule has 8 unspecified atom stereocenters. The van der Waals surface area contributed by atoms with Gasteiger partial charge in [-0.2, -0.15) is 0 Å². The molecule has 1 aliphatic rings. The van der Waals surface area contributed by atoms with Crippen LogP contribution in [-0.2, 0) is 14.3 Å². The molecule has 0 aliphatic carbocycles. The zero-order valence-corrected chi connectivity index (χ0v) is 48.7. The number of nitrogens with one attached hydrogen (secondary N) is 1. The third kappa shape index (κ3) is 42.7. The number of unbranched alkanes of at least 4 members (excludes halogenated alkanes) is 38. The largest absolute Gasteiger partial charge is 0.394 e. The van der Waals surface area contributed by atoms with E-state index < -0.39 is 61.5 Å². The second-order valence-corrected chi connectivity index (χ2v) is 22.3. The topological polar surface area (TPSA) is 169 Å². The molecule has 1 amide bonds. The molecule has 0 aromatic carbocycles. The molecule has 1 heterocycles. The second kappa shape index (κ2) is 54.1. The Morgan fingerprint density at radius 1 is 0.453 bits per heavy atom. The molecule has 0 spiro atoms. The number of carbonyl (C=O) groups is 1. The fourth-order valence-corrected chi connectivity index (χ4v) is 10.1. The van der Waals surface area contributed by atoms with E-state index in [1.807, 2.05) is 6.08 Å². The minimum absolute atomic E-state index is 0.302. The molecule has 1 fully saturated rings. The molecule has 75 heavy (non-hydrogen) atoms. The van der Waals surface area contributed by atoms with E-state index in [1.165, 1.54) is 218 Å². The minimum atomic E-state index is -1.62. The highest BCUT2D eigenvalue weighted by molar-refractivity contribution is 5.80. The number of aliphatic hydroxyl groups is 6. The number of rotatable bonds is 55. The van der Waals surface area contributed by atoms with Crippen LogP contribution in [0.15, 0.2) is 48.6 Å². The lowest BCUT2D eigenvalue weighted by Crippen LogP contribution is -2.60. The molecule has 10 heteroatoms. The van der Waals surface area contributed by atoms with Crippen LogP contribution in [0.25, 0.3) is 0 Å². The minimum Gasteiger partial charge on any atom is -0.394 e. The summed E-state index contributed by atoms with van der Waals surface area (Å²) < 4.78 is 11.2. The molecule has 0 aromatic heterocycles. The molecule has 1 rings (SSSR count). The van der Waals surface area contributed by atoms with Gasteiger partial charge in [-0.15, -0.1) is 0 Å². The molecule has 0 bridgehead atoms. The number of ether oxygens (including phenoxy) is 2. The van der Waals surface area contributed by atoms with Gasteiger partial charge in [-0.25, -0.2) is 0 Å². The summed E-state index contributed by atoms with van der Waals surface area (Å²) in [7, 11) is 0. The molecule has 10 nitrogen and oxygen atoms in total. The van der Waals surface area contributed by atoms with Crippen molar-refractivity contribution in [1.82, 2.24) is 5.32 Å². The van der Waals surface area contributed by atoms with Crippen molar-refractivity contribution < 1.29 is 44.9 Å². The van der Waals surface area contributed by atoms with Gasteiger partial charge in [0.15, 0.2) is 6.29 Å². The summed E-state index contributed by atoms with van der Waals surface area (Å²) in [6, 6.07) is -1.00. The van der Waals surface area contributed by atoms with Crippen LogP contribution in [0, 0.1) is 0 Å². The van der Waals surface area contributed by atoms with Gasteiger partial charge < -0.3 is 45.4 Å². The van der Waals surface area contributed by atoms with Crippen molar-refractivity contribution in [3.8, 4) is 0 Å². The molecule has 7 N–H and O–H groups in total. The van der Waals surface area contributed by atoms with Gasteiger partial charge in [-0.05, 0) is 64.2 Å². The summed E-state index contributed by atoms with van der Waals surface area (Å²) in [4.78, 5) is 13.1. The summed E-state index contributed by atoms with van der Waals surface area (Å²) in [6.45, 7) is 3.56. The number of allylic oxidation sites excluding steroid dienone is 7. The van der Waals surface area contributed by atoms with E-state index in [-0.39, 0.29) is 6.61 Å². The fraction of sp³-hybridized carbons (Fsp3) is 0.862. The van der Waals surface area contributed by atoms with Crippen LogP contribution in [0.1, 0.15) is 296 Å².